The summed E-state index contributed by atoms with van der Waals surface area (Å²) in [6.07, 6.45) is 3.94. The first-order valence-electron chi connectivity index (χ1n) is 12.4. The first-order valence-corrected chi connectivity index (χ1v) is 12.4. The lowest BCUT2D eigenvalue weighted by molar-refractivity contribution is -0.141. The van der Waals surface area contributed by atoms with Gasteiger partial charge in [0.2, 0.25) is 0 Å². The van der Waals surface area contributed by atoms with E-state index in [0.717, 1.165) is 34.9 Å². The standard InChI is InChI=1S/C30H31N3O3/c31-29(35)36-30(18-22-16-23-10-4-5-11-24(23)17-22,19-25-20-33-27-13-7-6-12-26(25)27)28(34)32-15-14-21-8-2-1-3-9-21/h1-13,20,22,33H,14-19H2,(H2,31,35)(H,32,34). The van der Waals surface area contributed by atoms with Crippen LogP contribution in [0.25, 0.3) is 10.9 Å². The predicted octanol–water partition coefficient (Wildman–Crippen LogP) is 4.71. The highest BCUT2D eigenvalue weighted by atomic mass is 16.6. The quantitative estimate of drug-likeness (QED) is 0.323. The Morgan fingerprint density at radius 3 is 2.33 bits per heavy atom. The van der Waals surface area contributed by atoms with Gasteiger partial charge < -0.3 is 20.8 Å². The highest BCUT2D eigenvalue weighted by molar-refractivity contribution is 5.90. The Bertz CT molecular complexity index is 1340. The minimum Gasteiger partial charge on any atom is -0.433 e. The van der Waals surface area contributed by atoms with E-state index < -0.39 is 11.7 Å². The predicted molar refractivity (Wildman–Crippen MR) is 141 cm³/mol. The smallest absolute Gasteiger partial charge is 0.405 e. The zero-order valence-corrected chi connectivity index (χ0v) is 20.2. The molecule has 0 fully saturated rings. The Labute approximate surface area is 210 Å². The average molecular weight is 482 g/mol. The summed E-state index contributed by atoms with van der Waals surface area (Å²) in [6, 6.07) is 26.2. The number of H-pyrrole nitrogens is 1. The van der Waals surface area contributed by atoms with E-state index in [4.69, 9.17) is 10.5 Å². The fraction of sp³-hybridized carbons (Fsp3) is 0.267. The highest BCUT2D eigenvalue weighted by Gasteiger charge is 2.45. The second kappa shape index (κ2) is 10.3. The summed E-state index contributed by atoms with van der Waals surface area (Å²) in [5, 5.41) is 4.05. The molecule has 3 aromatic carbocycles. The molecule has 36 heavy (non-hydrogen) atoms. The number of nitrogens with one attached hydrogen (secondary N) is 2. The van der Waals surface area contributed by atoms with Crippen LogP contribution in [0.4, 0.5) is 4.79 Å². The van der Waals surface area contributed by atoms with Gasteiger partial charge in [0.25, 0.3) is 5.91 Å². The minimum atomic E-state index is -1.42. The Hall–Kier alpha value is -4.06. The van der Waals surface area contributed by atoms with E-state index in [1.54, 1.807) is 0 Å². The molecule has 6 nitrogen and oxygen atoms in total. The van der Waals surface area contributed by atoms with Crippen molar-refractivity contribution in [2.45, 2.75) is 37.7 Å². The lowest BCUT2D eigenvalue weighted by atomic mass is 9.82. The van der Waals surface area contributed by atoms with Crippen LogP contribution in [0, 0.1) is 5.92 Å². The zero-order chi connectivity index (χ0) is 25.0. The van der Waals surface area contributed by atoms with Crippen molar-refractivity contribution in [1.82, 2.24) is 10.3 Å². The van der Waals surface area contributed by atoms with E-state index in [-0.39, 0.29) is 18.2 Å². The van der Waals surface area contributed by atoms with Gasteiger partial charge in [-0.1, -0.05) is 72.8 Å². The van der Waals surface area contributed by atoms with Gasteiger partial charge in [-0.2, -0.15) is 0 Å². The van der Waals surface area contributed by atoms with Crippen molar-refractivity contribution in [3.8, 4) is 0 Å². The van der Waals surface area contributed by atoms with Crippen molar-refractivity contribution >= 4 is 22.9 Å². The van der Waals surface area contributed by atoms with E-state index in [1.807, 2.05) is 72.9 Å². The summed E-state index contributed by atoms with van der Waals surface area (Å²) < 4.78 is 5.80. The van der Waals surface area contributed by atoms with Crippen molar-refractivity contribution in [3.05, 3.63) is 107 Å². The van der Waals surface area contributed by atoms with E-state index in [9.17, 15) is 9.59 Å². The summed E-state index contributed by atoms with van der Waals surface area (Å²) in [5.41, 5.74) is 9.75. The number of carbonyl (C=O) groups is 2. The molecule has 0 spiro atoms. The molecule has 0 saturated carbocycles. The number of fused-ring (bicyclic) bond motifs is 2. The summed E-state index contributed by atoms with van der Waals surface area (Å²) >= 11 is 0. The number of ether oxygens (including phenoxy) is 1. The number of primary amides is 1. The minimum absolute atomic E-state index is 0.159. The summed E-state index contributed by atoms with van der Waals surface area (Å²) in [6.45, 7) is 0.436. The fourth-order valence-electron chi connectivity index (χ4n) is 5.53. The van der Waals surface area contributed by atoms with Crippen molar-refractivity contribution in [2.75, 3.05) is 6.54 Å². The summed E-state index contributed by atoms with van der Waals surface area (Å²) in [7, 11) is 0. The van der Waals surface area contributed by atoms with Gasteiger partial charge >= 0.3 is 6.09 Å². The van der Waals surface area contributed by atoms with Crippen molar-refractivity contribution in [1.29, 1.82) is 0 Å². The van der Waals surface area contributed by atoms with Gasteiger partial charge in [-0.3, -0.25) is 4.79 Å². The topological polar surface area (TPSA) is 97.2 Å². The number of para-hydroxylation sites is 1. The molecule has 4 N–H and O–H groups in total. The second-order valence-electron chi connectivity index (χ2n) is 9.69. The summed E-state index contributed by atoms with van der Waals surface area (Å²) in [4.78, 5) is 29.3. The molecule has 6 heteroatoms. The lowest BCUT2D eigenvalue weighted by Crippen LogP contribution is -2.54. The molecule has 0 aliphatic heterocycles. The van der Waals surface area contributed by atoms with Crippen LogP contribution in [0.1, 0.15) is 28.7 Å². The first kappa shape index (κ1) is 23.7. The number of hydrogen-bond donors (Lipinski definition) is 3. The maximum atomic E-state index is 13.9. The van der Waals surface area contributed by atoms with E-state index >= 15 is 0 Å². The SMILES string of the molecule is NC(=O)OC(Cc1c[nH]c2ccccc12)(CC1Cc2ccccc2C1)C(=O)NCCc1ccccc1. The third kappa shape index (κ3) is 5.13. The van der Waals surface area contributed by atoms with E-state index in [1.165, 1.54) is 11.1 Å². The fourth-order valence-corrected chi connectivity index (χ4v) is 5.53. The van der Waals surface area contributed by atoms with Crippen LogP contribution in [0.15, 0.2) is 85.1 Å². The first-order chi connectivity index (χ1) is 17.5. The van der Waals surface area contributed by atoms with Gasteiger partial charge in [0, 0.05) is 36.5 Å². The van der Waals surface area contributed by atoms with Crippen molar-refractivity contribution in [2.24, 2.45) is 11.7 Å². The van der Waals surface area contributed by atoms with Gasteiger partial charge in [-0.25, -0.2) is 4.79 Å². The van der Waals surface area contributed by atoms with Gasteiger partial charge in [0.05, 0.1) is 0 Å². The third-order valence-corrected chi connectivity index (χ3v) is 7.16. The molecule has 184 valence electrons. The second-order valence-corrected chi connectivity index (χ2v) is 9.69. The monoisotopic (exact) mass is 481 g/mol. The normalized spacial score (nSPS) is 14.8. The Kier molecular flexibility index (Phi) is 6.76. The molecule has 1 atom stereocenters. The molecule has 4 aromatic rings. The van der Waals surface area contributed by atoms with E-state index in [2.05, 4.69) is 22.4 Å². The number of amides is 2. The Morgan fingerprint density at radius 2 is 1.61 bits per heavy atom. The number of hydrogen-bond acceptors (Lipinski definition) is 3. The van der Waals surface area contributed by atoms with Gasteiger partial charge in [-0.05, 0) is 53.5 Å². The molecule has 1 unspecified atom stereocenters. The van der Waals surface area contributed by atoms with Crippen LogP contribution >= 0.6 is 0 Å². The average Bonchev–Trinajstić information content (AvgIpc) is 3.47. The van der Waals surface area contributed by atoms with Crippen LogP contribution in [-0.2, 0) is 35.2 Å². The number of rotatable bonds is 9. The molecule has 1 aliphatic carbocycles. The molecular formula is C30H31N3O3. The van der Waals surface area contributed by atoms with Gasteiger partial charge in [-0.15, -0.1) is 0 Å². The maximum absolute atomic E-state index is 13.9. The molecule has 1 aromatic heterocycles. The number of carbonyl (C=O) groups excluding carboxylic acids is 2. The Morgan fingerprint density at radius 1 is 0.944 bits per heavy atom. The Balaban J connectivity index is 1.43. The highest BCUT2D eigenvalue weighted by Crippen LogP contribution is 2.36. The van der Waals surface area contributed by atoms with Crippen molar-refractivity contribution in [3.63, 3.8) is 0 Å². The molecule has 5 rings (SSSR count). The van der Waals surface area contributed by atoms with Crippen molar-refractivity contribution < 1.29 is 14.3 Å². The van der Waals surface area contributed by atoms with Crippen LogP contribution in [0.3, 0.4) is 0 Å². The number of aromatic amines is 1. The van der Waals surface area contributed by atoms with Crippen LogP contribution in [-0.4, -0.2) is 29.1 Å². The number of nitrogens with two attached hydrogens (primary N) is 1. The molecule has 1 aliphatic rings. The lowest BCUT2D eigenvalue weighted by Gasteiger charge is -2.33. The molecule has 1 heterocycles. The largest absolute Gasteiger partial charge is 0.433 e. The molecule has 0 radical (unpaired) electrons. The van der Waals surface area contributed by atoms with Gasteiger partial charge in [0.1, 0.15) is 0 Å². The summed E-state index contributed by atoms with van der Waals surface area (Å²) in [5.74, 6) is -0.148. The van der Waals surface area contributed by atoms with Gasteiger partial charge in [0.15, 0.2) is 5.60 Å². The van der Waals surface area contributed by atoms with Crippen LogP contribution in [0.5, 0.6) is 0 Å². The maximum Gasteiger partial charge on any atom is 0.405 e. The molecule has 2 amide bonds. The third-order valence-electron chi connectivity index (χ3n) is 7.16. The van der Waals surface area contributed by atoms with E-state index in [0.29, 0.717) is 19.4 Å². The number of benzene rings is 3. The number of aromatic nitrogens is 1. The van der Waals surface area contributed by atoms with Crippen LogP contribution < -0.4 is 11.1 Å². The zero-order valence-electron chi connectivity index (χ0n) is 20.2. The van der Waals surface area contributed by atoms with Crippen LogP contribution in [0.2, 0.25) is 0 Å². The molecular weight excluding hydrogens is 450 g/mol. The molecule has 0 bridgehead atoms. The molecule has 0 saturated heterocycles.